The number of carboxylic acid groups (broad SMARTS) is 1. The van der Waals surface area contributed by atoms with E-state index in [-0.39, 0.29) is 12.3 Å². The number of hydrogen-bond acceptors (Lipinski definition) is 7. The second kappa shape index (κ2) is 7.76. The van der Waals surface area contributed by atoms with Crippen LogP contribution >= 0.6 is 0 Å². The van der Waals surface area contributed by atoms with Gasteiger partial charge in [-0.15, -0.1) is 0 Å². The summed E-state index contributed by atoms with van der Waals surface area (Å²) < 4.78 is 5.45. The molecule has 1 aromatic rings. The third-order valence-electron chi connectivity index (χ3n) is 4.88. The Hall–Kier alpha value is -1.93. The number of aliphatic carboxylic acids is 1. The average Bonchev–Trinajstić information content (AvgIpc) is 2.60. The number of carboxylic acids is 1. The topological polar surface area (TPSA) is 105 Å². The van der Waals surface area contributed by atoms with Crippen molar-refractivity contribution in [1.82, 2.24) is 14.9 Å². The third kappa shape index (κ3) is 4.12. The molecule has 2 aliphatic rings. The monoisotopic (exact) mass is 335 g/mol. The number of morpholine rings is 1. The van der Waals surface area contributed by atoms with Crippen molar-refractivity contribution in [2.45, 2.75) is 25.3 Å². The summed E-state index contributed by atoms with van der Waals surface area (Å²) in [7, 11) is 0. The highest BCUT2D eigenvalue weighted by atomic mass is 16.5. The van der Waals surface area contributed by atoms with Gasteiger partial charge in [-0.25, -0.2) is 4.98 Å². The highest BCUT2D eigenvalue weighted by Crippen LogP contribution is 2.28. The zero-order valence-corrected chi connectivity index (χ0v) is 13.8. The molecule has 0 aromatic carbocycles. The Morgan fingerprint density at radius 2 is 2.17 bits per heavy atom. The van der Waals surface area contributed by atoms with E-state index in [1.54, 1.807) is 12.3 Å². The summed E-state index contributed by atoms with van der Waals surface area (Å²) in [5, 5.41) is 9.07. The third-order valence-corrected chi connectivity index (χ3v) is 4.88. The molecule has 1 aromatic heterocycles. The number of nitrogen functional groups attached to an aromatic ring is 1. The Morgan fingerprint density at radius 3 is 2.88 bits per heavy atom. The van der Waals surface area contributed by atoms with Gasteiger partial charge in [-0.05, 0) is 24.8 Å². The van der Waals surface area contributed by atoms with Crippen molar-refractivity contribution < 1.29 is 14.6 Å². The number of aromatic nitrogens is 2. The van der Waals surface area contributed by atoms with Gasteiger partial charge in [0.25, 0.3) is 0 Å². The summed E-state index contributed by atoms with van der Waals surface area (Å²) in [4.78, 5) is 24.2. The van der Waals surface area contributed by atoms with Gasteiger partial charge >= 0.3 is 5.97 Å². The molecule has 0 spiro atoms. The van der Waals surface area contributed by atoms with Crippen LogP contribution in [0.3, 0.4) is 0 Å². The predicted molar refractivity (Wildman–Crippen MR) is 89.8 cm³/mol. The van der Waals surface area contributed by atoms with E-state index >= 15 is 0 Å². The first-order chi connectivity index (χ1) is 11.6. The standard InChI is InChI=1S/C16H25N5O3/c17-14-3-5-18-16(19-14)21-6-4-13(20-7-9-24-10-8-20)12(11-21)1-2-15(22)23/h3,5,12-13H,1-2,4,6-11H2,(H,22,23)(H2,17,18,19)/t12-,13+/m1/s1. The number of piperidine rings is 1. The maximum atomic E-state index is 11.0. The van der Waals surface area contributed by atoms with Crippen LogP contribution in [-0.4, -0.2) is 71.4 Å². The minimum atomic E-state index is -0.743. The summed E-state index contributed by atoms with van der Waals surface area (Å²) >= 11 is 0. The van der Waals surface area contributed by atoms with Crippen LogP contribution < -0.4 is 10.6 Å². The van der Waals surface area contributed by atoms with Crippen LogP contribution in [0, 0.1) is 5.92 Å². The molecule has 132 valence electrons. The molecule has 0 bridgehead atoms. The summed E-state index contributed by atoms with van der Waals surface area (Å²) in [5.74, 6) is 0.624. The zero-order chi connectivity index (χ0) is 16.9. The van der Waals surface area contributed by atoms with Gasteiger partial charge in [0.05, 0.1) is 13.2 Å². The molecule has 0 saturated carbocycles. The number of rotatable bonds is 5. The number of nitrogens with zero attached hydrogens (tertiary/aromatic N) is 4. The Balaban J connectivity index is 1.71. The maximum absolute atomic E-state index is 11.0. The van der Waals surface area contributed by atoms with E-state index in [4.69, 9.17) is 15.6 Å². The molecule has 0 aliphatic carbocycles. The second-order valence-electron chi connectivity index (χ2n) is 6.42. The van der Waals surface area contributed by atoms with E-state index in [0.717, 1.165) is 45.8 Å². The normalized spacial score (nSPS) is 25.6. The minimum Gasteiger partial charge on any atom is -0.481 e. The molecule has 3 N–H and O–H groups in total. The van der Waals surface area contributed by atoms with Gasteiger partial charge in [0, 0.05) is 44.8 Å². The molecular formula is C16H25N5O3. The van der Waals surface area contributed by atoms with Crippen LogP contribution in [0.5, 0.6) is 0 Å². The highest BCUT2D eigenvalue weighted by molar-refractivity contribution is 5.66. The summed E-state index contributed by atoms with van der Waals surface area (Å²) in [5.41, 5.74) is 5.76. The van der Waals surface area contributed by atoms with E-state index in [1.807, 2.05) is 0 Å². The van der Waals surface area contributed by atoms with Gasteiger partial charge in [0.1, 0.15) is 5.82 Å². The van der Waals surface area contributed by atoms with Crippen LogP contribution in [0.15, 0.2) is 12.3 Å². The molecule has 2 saturated heterocycles. The van der Waals surface area contributed by atoms with E-state index in [9.17, 15) is 4.79 Å². The van der Waals surface area contributed by atoms with Gasteiger partial charge in [-0.2, -0.15) is 4.98 Å². The lowest BCUT2D eigenvalue weighted by atomic mass is 9.87. The average molecular weight is 335 g/mol. The van der Waals surface area contributed by atoms with Crippen molar-refractivity contribution in [3.8, 4) is 0 Å². The molecule has 0 amide bonds. The van der Waals surface area contributed by atoms with Gasteiger partial charge < -0.3 is 20.5 Å². The Kier molecular flexibility index (Phi) is 5.47. The maximum Gasteiger partial charge on any atom is 0.303 e. The van der Waals surface area contributed by atoms with E-state index in [2.05, 4.69) is 19.8 Å². The molecule has 2 fully saturated rings. The lowest BCUT2D eigenvalue weighted by Gasteiger charge is -2.45. The number of carbonyl (C=O) groups is 1. The van der Waals surface area contributed by atoms with Crippen molar-refractivity contribution in [2.24, 2.45) is 5.92 Å². The highest BCUT2D eigenvalue weighted by Gasteiger charge is 2.34. The van der Waals surface area contributed by atoms with Crippen LogP contribution in [0.1, 0.15) is 19.3 Å². The molecule has 2 aliphatic heterocycles. The number of nitrogens with two attached hydrogens (primary N) is 1. The predicted octanol–water partition coefficient (Wildman–Crippen LogP) is 0.451. The first kappa shape index (κ1) is 16.9. The molecule has 2 atom stereocenters. The molecule has 8 heteroatoms. The van der Waals surface area contributed by atoms with Crippen molar-refractivity contribution in [2.75, 3.05) is 50.0 Å². The fourth-order valence-corrected chi connectivity index (χ4v) is 3.70. The van der Waals surface area contributed by atoms with Gasteiger partial charge in [-0.1, -0.05) is 0 Å². The summed E-state index contributed by atoms with van der Waals surface area (Å²) in [6.07, 6.45) is 3.49. The van der Waals surface area contributed by atoms with Crippen LogP contribution in [0.4, 0.5) is 11.8 Å². The van der Waals surface area contributed by atoms with Gasteiger partial charge in [-0.3, -0.25) is 9.69 Å². The molecular weight excluding hydrogens is 310 g/mol. The second-order valence-corrected chi connectivity index (χ2v) is 6.42. The molecule has 24 heavy (non-hydrogen) atoms. The number of ether oxygens (including phenoxy) is 1. The molecule has 0 radical (unpaired) electrons. The van der Waals surface area contributed by atoms with E-state index < -0.39 is 5.97 Å². The fraction of sp³-hybridized carbons (Fsp3) is 0.688. The van der Waals surface area contributed by atoms with Crippen LogP contribution in [-0.2, 0) is 9.53 Å². The van der Waals surface area contributed by atoms with E-state index in [0.29, 0.717) is 24.2 Å². The number of anilines is 2. The Morgan fingerprint density at radius 1 is 1.38 bits per heavy atom. The molecule has 3 heterocycles. The van der Waals surface area contributed by atoms with Crippen molar-refractivity contribution in [1.29, 1.82) is 0 Å². The minimum absolute atomic E-state index is 0.192. The summed E-state index contributed by atoms with van der Waals surface area (Å²) in [6, 6.07) is 2.07. The van der Waals surface area contributed by atoms with Gasteiger partial charge in [0.15, 0.2) is 0 Å². The zero-order valence-electron chi connectivity index (χ0n) is 13.8. The largest absolute Gasteiger partial charge is 0.481 e. The van der Waals surface area contributed by atoms with Crippen LogP contribution in [0.2, 0.25) is 0 Å². The SMILES string of the molecule is Nc1ccnc(N2CC[C@H](N3CCOCC3)[C@H](CCC(=O)O)C2)n1. The quantitative estimate of drug-likeness (QED) is 0.799. The molecule has 3 rings (SSSR count). The van der Waals surface area contributed by atoms with Crippen molar-refractivity contribution >= 4 is 17.7 Å². The first-order valence-corrected chi connectivity index (χ1v) is 8.50. The molecule has 0 unspecified atom stereocenters. The van der Waals surface area contributed by atoms with Gasteiger partial charge in [0.2, 0.25) is 5.95 Å². The Bertz CT molecular complexity index is 564. The first-order valence-electron chi connectivity index (χ1n) is 8.50. The summed E-state index contributed by atoms with van der Waals surface area (Å²) in [6.45, 7) is 4.97. The van der Waals surface area contributed by atoms with E-state index in [1.165, 1.54) is 0 Å². The lowest BCUT2D eigenvalue weighted by molar-refractivity contribution is -0.137. The number of hydrogen-bond donors (Lipinski definition) is 2. The molecule has 8 nitrogen and oxygen atoms in total. The van der Waals surface area contributed by atoms with Crippen molar-refractivity contribution in [3.63, 3.8) is 0 Å². The lowest BCUT2D eigenvalue weighted by Crippen LogP contribution is -2.54. The Labute approximate surface area is 141 Å². The van der Waals surface area contributed by atoms with Crippen LogP contribution in [0.25, 0.3) is 0 Å². The van der Waals surface area contributed by atoms with Crippen molar-refractivity contribution in [3.05, 3.63) is 12.3 Å². The smallest absolute Gasteiger partial charge is 0.303 e. The fourth-order valence-electron chi connectivity index (χ4n) is 3.70.